The van der Waals surface area contributed by atoms with Gasteiger partial charge in [-0.15, -0.1) is 11.3 Å². The van der Waals surface area contributed by atoms with Gasteiger partial charge in [0.2, 0.25) is 0 Å². The van der Waals surface area contributed by atoms with Crippen LogP contribution in [-0.2, 0) is 0 Å². The van der Waals surface area contributed by atoms with Crippen molar-refractivity contribution in [2.45, 2.75) is 18.8 Å². The molecular weight excluding hydrogens is 364 g/mol. The zero-order chi connectivity index (χ0) is 19.3. The summed E-state index contributed by atoms with van der Waals surface area (Å²) in [5.41, 5.74) is 4.49. The molecule has 0 saturated heterocycles. The molecule has 0 aliphatic rings. The van der Waals surface area contributed by atoms with Crippen LogP contribution in [0.25, 0.3) is 10.9 Å². The molecule has 0 bridgehead atoms. The SMILES string of the molecule is Cc1csc([C@H](C#N)C=NC[C@H](c2ccccc2)c2c[nH]c3ccccc23)n1. The van der Waals surface area contributed by atoms with Crippen LogP contribution >= 0.6 is 11.3 Å². The van der Waals surface area contributed by atoms with Gasteiger partial charge in [-0.3, -0.25) is 4.99 Å². The van der Waals surface area contributed by atoms with Crippen LogP contribution in [0.15, 0.2) is 71.2 Å². The van der Waals surface area contributed by atoms with E-state index in [0.717, 1.165) is 16.2 Å². The van der Waals surface area contributed by atoms with E-state index in [2.05, 4.69) is 69.7 Å². The van der Waals surface area contributed by atoms with Crippen LogP contribution in [0.2, 0.25) is 0 Å². The third kappa shape index (κ3) is 3.73. The number of hydrogen-bond donors (Lipinski definition) is 1. The Bertz CT molecular complexity index is 1130. The van der Waals surface area contributed by atoms with E-state index in [1.54, 1.807) is 6.21 Å². The first-order valence-electron chi connectivity index (χ1n) is 9.19. The third-order valence-corrected chi connectivity index (χ3v) is 5.83. The van der Waals surface area contributed by atoms with Crippen molar-refractivity contribution in [3.8, 4) is 6.07 Å². The number of aryl methyl sites for hydroxylation is 1. The minimum Gasteiger partial charge on any atom is -0.361 e. The molecule has 2 aromatic carbocycles. The van der Waals surface area contributed by atoms with E-state index in [1.807, 2.05) is 24.4 Å². The van der Waals surface area contributed by atoms with Gasteiger partial charge in [-0.2, -0.15) is 5.26 Å². The quantitative estimate of drug-likeness (QED) is 0.450. The zero-order valence-corrected chi connectivity index (χ0v) is 16.4. The number of benzene rings is 2. The van der Waals surface area contributed by atoms with Gasteiger partial charge >= 0.3 is 0 Å². The molecule has 2 aromatic heterocycles. The second kappa shape index (κ2) is 8.20. The predicted octanol–water partition coefficient (Wildman–Crippen LogP) is 5.44. The smallest absolute Gasteiger partial charge is 0.133 e. The van der Waals surface area contributed by atoms with Crippen molar-refractivity contribution in [1.29, 1.82) is 5.26 Å². The van der Waals surface area contributed by atoms with Crippen LogP contribution in [0.3, 0.4) is 0 Å². The number of para-hydroxylation sites is 1. The Balaban J connectivity index is 1.64. The second-order valence-corrected chi connectivity index (χ2v) is 7.59. The van der Waals surface area contributed by atoms with Crippen molar-refractivity contribution in [3.63, 3.8) is 0 Å². The molecule has 0 amide bonds. The number of aliphatic imine (C=N–C) groups is 1. The summed E-state index contributed by atoms with van der Waals surface area (Å²) in [5.74, 6) is -0.288. The van der Waals surface area contributed by atoms with Gasteiger partial charge in [-0.05, 0) is 24.1 Å². The van der Waals surface area contributed by atoms with E-state index in [0.29, 0.717) is 6.54 Å². The van der Waals surface area contributed by atoms with Crippen LogP contribution in [0, 0.1) is 18.3 Å². The largest absolute Gasteiger partial charge is 0.361 e. The van der Waals surface area contributed by atoms with Crippen LogP contribution in [0.1, 0.15) is 33.7 Å². The molecule has 0 unspecified atom stereocenters. The van der Waals surface area contributed by atoms with Gasteiger partial charge in [-0.1, -0.05) is 48.5 Å². The third-order valence-electron chi connectivity index (χ3n) is 4.78. The Morgan fingerprint density at radius 3 is 2.71 bits per heavy atom. The van der Waals surface area contributed by atoms with E-state index < -0.39 is 5.92 Å². The van der Waals surface area contributed by atoms with Crippen LogP contribution in [-0.4, -0.2) is 22.7 Å². The van der Waals surface area contributed by atoms with Crippen molar-refractivity contribution in [2.75, 3.05) is 6.54 Å². The van der Waals surface area contributed by atoms with Crippen molar-refractivity contribution >= 4 is 28.5 Å². The molecule has 5 heteroatoms. The summed E-state index contributed by atoms with van der Waals surface area (Å²) in [7, 11) is 0. The number of thiazole rings is 1. The van der Waals surface area contributed by atoms with Gasteiger partial charge in [0.15, 0.2) is 0 Å². The monoisotopic (exact) mass is 384 g/mol. The lowest BCUT2D eigenvalue weighted by Crippen LogP contribution is -2.06. The van der Waals surface area contributed by atoms with E-state index in [1.165, 1.54) is 27.8 Å². The molecule has 1 N–H and O–H groups in total. The lowest BCUT2D eigenvalue weighted by atomic mass is 9.91. The van der Waals surface area contributed by atoms with E-state index >= 15 is 0 Å². The summed E-state index contributed by atoms with van der Waals surface area (Å²) < 4.78 is 0. The molecule has 4 nitrogen and oxygen atoms in total. The number of nitriles is 1. The van der Waals surface area contributed by atoms with Crippen molar-refractivity contribution < 1.29 is 0 Å². The minimum absolute atomic E-state index is 0.117. The van der Waals surface area contributed by atoms with Crippen molar-refractivity contribution in [2.24, 2.45) is 4.99 Å². The van der Waals surface area contributed by atoms with E-state index in [9.17, 15) is 5.26 Å². The molecule has 0 fully saturated rings. The molecule has 0 aliphatic carbocycles. The van der Waals surface area contributed by atoms with Gasteiger partial charge in [0.05, 0.1) is 6.07 Å². The fraction of sp³-hybridized carbons (Fsp3) is 0.174. The number of hydrogen-bond acceptors (Lipinski definition) is 4. The van der Waals surface area contributed by atoms with Crippen molar-refractivity contribution in [3.05, 3.63) is 88.0 Å². The van der Waals surface area contributed by atoms with Crippen LogP contribution in [0.4, 0.5) is 0 Å². The first-order valence-corrected chi connectivity index (χ1v) is 10.1. The summed E-state index contributed by atoms with van der Waals surface area (Å²) in [6.07, 6.45) is 3.81. The molecule has 0 aliphatic heterocycles. The van der Waals surface area contributed by atoms with E-state index in [-0.39, 0.29) is 5.92 Å². The highest BCUT2D eigenvalue weighted by Crippen LogP contribution is 2.31. The molecule has 4 rings (SSSR count). The average Bonchev–Trinajstić information content (AvgIpc) is 3.35. The van der Waals surface area contributed by atoms with Crippen molar-refractivity contribution in [1.82, 2.24) is 9.97 Å². The number of aromatic amines is 1. The Hall–Kier alpha value is -3.23. The summed E-state index contributed by atoms with van der Waals surface area (Å²) >= 11 is 1.51. The molecule has 28 heavy (non-hydrogen) atoms. The Labute approximate surface area is 168 Å². The topological polar surface area (TPSA) is 64.8 Å². The van der Waals surface area contributed by atoms with E-state index in [4.69, 9.17) is 0 Å². The highest BCUT2D eigenvalue weighted by molar-refractivity contribution is 7.09. The first kappa shape index (κ1) is 18.1. The lowest BCUT2D eigenvalue weighted by Gasteiger charge is -2.15. The molecule has 0 spiro atoms. The van der Waals surface area contributed by atoms with Gasteiger partial charge < -0.3 is 4.98 Å². The second-order valence-electron chi connectivity index (χ2n) is 6.70. The molecular formula is C23H20N4S. The highest BCUT2D eigenvalue weighted by Gasteiger charge is 2.18. The summed E-state index contributed by atoms with van der Waals surface area (Å²) in [4.78, 5) is 12.5. The molecule has 0 saturated carbocycles. The number of rotatable bonds is 6. The molecule has 138 valence electrons. The average molecular weight is 385 g/mol. The Morgan fingerprint density at radius 2 is 1.96 bits per heavy atom. The Morgan fingerprint density at radius 1 is 1.18 bits per heavy atom. The normalized spacial score (nSPS) is 13.6. The number of nitrogens with one attached hydrogen (secondary N) is 1. The first-order chi connectivity index (χ1) is 13.8. The molecule has 0 radical (unpaired) electrons. The number of fused-ring (bicyclic) bond motifs is 1. The molecule has 2 heterocycles. The van der Waals surface area contributed by atoms with Gasteiger partial charge in [0.25, 0.3) is 0 Å². The lowest BCUT2D eigenvalue weighted by molar-refractivity contribution is 0.826. The fourth-order valence-electron chi connectivity index (χ4n) is 3.39. The Kier molecular flexibility index (Phi) is 5.31. The highest BCUT2D eigenvalue weighted by atomic mass is 32.1. The fourth-order valence-corrected chi connectivity index (χ4v) is 4.19. The van der Waals surface area contributed by atoms with Crippen LogP contribution in [0.5, 0.6) is 0 Å². The maximum atomic E-state index is 9.52. The predicted molar refractivity (Wildman–Crippen MR) is 115 cm³/mol. The zero-order valence-electron chi connectivity index (χ0n) is 15.5. The maximum Gasteiger partial charge on any atom is 0.133 e. The standard InChI is InChI=1S/C23H20N4S/c1-16-15-28-23(27-16)18(11-24)12-25-13-20(17-7-3-2-4-8-17)21-14-26-22-10-6-5-9-19(21)22/h2-10,12,14-15,18,20,26H,13H2,1H3/t18-,20-/m1/s1. The van der Waals surface area contributed by atoms with Gasteiger partial charge in [0, 0.05) is 46.9 Å². The minimum atomic E-state index is -0.405. The molecule has 2 atom stereocenters. The number of nitrogens with zero attached hydrogens (tertiary/aromatic N) is 3. The maximum absolute atomic E-state index is 9.52. The number of H-pyrrole nitrogens is 1. The number of aromatic nitrogens is 2. The molecule has 4 aromatic rings. The summed E-state index contributed by atoms with van der Waals surface area (Å²) in [5, 5.41) is 13.5. The van der Waals surface area contributed by atoms with Gasteiger partial charge in [0.1, 0.15) is 10.9 Å². The van der Waals surface area contributed by atoms with Gasteiger partial charge in [-0.25, -0.2) is 4.98 Å². The summed E-state index contributed by atoms with van der Waals surface area (Å²) in [6, 6.07) is 21.0. The van der Waals surface area contributed by atoms with Crippen LogP contribution < -0.4 is 0 Å². The summed E-state index contributed by atoms with van der Waals surface area (Å²) in [6.45, 7) is 2.52.